The van der Waals surface area contributed by atoms with Gasteiger partial charge in [0.05, 0.1) is 37.4 Å². The van der Waals surface area contributed by atoms with Crippen LogP contribution in [0.15, 0.2) is 107 Å². The number of rotatable bonds is 22. The maximum atomic E-state index is 12.6. The second kappa shape index (κ2) is 21.6. The summed E-state index contributed by atoms with van der Waals surface area (Å²) >= 11 is 0. The van der Waals surface area contributed by atoms with E-state index in [-0.39, 0.29) is 96.9 Å². The van der Waals surface area contributed by atoms with Crippen LogP contribution in [0.4, 0.5) is 52.5 Å². The Morgan fingerprint density at radius 2 is 1.11 bits per heavy atom. The van der Waals surface area contributed by atoms with Crippen molar-refractivity contribution in [2.75, 3.05) is 72.2 Å². The third-order valence-corrected chi connectivity index (χ3v) is 10.6. The molecule has 0 bridgehead atoms. The first-order valence-corrected chi connectivity index (χ1v) is 22.2. The highest BCUT2D eigenvalue weighted by atomic mass is 32.2. The number of nitrogens with one attached hydrogen (secondary N) is 5. The van der Waals surface area contributed by atoms with Crippen molar-refractivity contribution >= 4 is 84.9 Å². The Kier molecular flexibility index (Phi) is 15.8. The fourth-order valence-electron chi connectivity index (χ4n) is 5.92. The molecule has 0 saturated carbocycles. The minimum absolute atomic E-state index is 0.00931. The van der Waals surface area contributed by atoms with Crippen molar-refractivity contribution in [1.82, 2.24) is 35.2 Å². The van der Waals surface area contributed by atoms with Crippen molar-refractivity contribution in [2.24, 2.45) is 0 Å². The van der Waals surface area contributed by atoms with Crippen LogP contribution in [0.25, 0.3) is 12.2 Å². The zero-order chi connectivity index (χ0) is 45.7. The lowest BCUT2D eigenvalue weighted by Gasteiger charge is -2.21. The summed E-state index contributed by atoms with van der Waals surface area (Å²) in [7, 11) is -9.25. The Balaban J connectivity index is 1.22. The normalized spacial score (nSPS) is 12.2. The average Bonchev–Trinajstić information content (AvgIpc) is 3.26. The van der Waals surface area contributed by atoms with Gasteiger partial charge in [0.2, 0.25) is 29.7 Å². The molecule has 2 heterocycles. The molecule has 6 aromatic rings. The number of benzene rings is 4. The van der Waals surface area contributed by atoms with Crippen LogP contribution in [0.2, 0.25) is 0 Å². The maximum Gasteiger partial charge on any atom is 0.295 e. The van der Waals surface area contributed by atoms with Gasteiger partial charge < -0.3 is 51.9 Å². The van der Waals surface area contributed by atoms with Crippen LogP contribution in [-0.4, -0.2) is 122 Å². The highest BCUT2D eigenvalue weighted by Gasteiger charge is 2.20. The largest absolute Gasteiger partial charge is 0.395 e. The van der Waals surface area contributed by atoms with Crippen LogP contribution in [0.3, 0.4) is 0 Å². The highest BCUT2D eigenvalue weighted by molar-refractivity contribution is 7.86. The highest BCUT2D eigenvalue weighted by Crippen LogP contribution is 2.27. The van der Waals surface area contributed by atoms with Gasteiger partial charge in [-0.2, -0.15) is 46.7 Å². The van der Waals surface area contributed by atoms with E-state index in [0.717, 1.165) is 0 Å². The van der Waals surface area contributed by atoms with E-state index in [4.69, 9.17) is 0 Å². The molecule has 336 valence electrons. The van der Waals surface area contributed by atoms with E-state index in [1.165, 1.54) is 47.4 Å². The molecule has 2 aromatic heterocycles. The summed E-state index contributed by atoms with van der Waals surface area (Å²) < 4.78 is 68.4. The van der Waals surface area contributed by atoms with Crippen LogP contribution in [0.1, 0.15) is 23.0 Å². The third-order valence-electron chi connectivity index (χ3n) is 8.88. The second-order valence-corrected chi connectivity index (χ2v) is 16.3. The van der Waals surface area contributed by atoms with Crippen molar-refractivity contribution in [3.05, 3.63) is 114 Å². The number of aromatic nitrogens is 6. The predicted octanol–water partition coefficient (Wildman–Crippen LogP) is 3.10. The van der Waals surface area contributed by atoms with Crippen molar-refractivity contribution < 1.29 is 46.4 Å². The van der Waals surface area contributed by atoms with E-state index < -0.39 is 37.8 Å². The molecule has 64 heavy (non-hydrogen) atoms. The minimum Gasteiger partial charge on any atom is -0.395 e. The molecule has 11 N–H and O–H groups in total. The lowest BCUT2D eigenvalue weighted by Crippen LogP contribution is -2.31. The summed E-state index contributed by atoms with van der Waals surface area (Å²) in [5, 5.41) is 53.5. The number of anilines is 9. The molecule has 0 fully saturated rings. The Morgan fingerprint density at radius 1 is 0.562 bits per heavy atom. The molecule has 1 atom stereocenters. The van der Waals surface area contributed by atoms with Gasteiger partial charge in [-0.1, -0.05) is 54.6 Å². The molecule has 1 unspecified atom stereocenters. The standard InChI is InChI=1S/C40H44N12O10S2/c53-20-17-41-33(25-56)35-46-36(42-28-5-2-1-3-6-28)48-37(47-35)45-31-16-13-27(34(24-31)64(60,61)62)12-9-26-10-14-29(15-11-26)43-38-49-39(51-40(50-38)52(18-21-54)19-22-55)44-30-7-4-8-32(23-30)63(57,58)59/h1-16,23-24,33,41,53-56H,17-22,25H2,(H,57,58,59)(H,60,61,62)(H2,42,45,46,47,48)(H2,43,44,49,50,51). The SMILES string of the molecule is O=S(=O)(O)c1cccc(Nc2nc(Nc3ccc(C=Cc4ccc(Nc5nc(Nc6ccccc6)nc(C(CO)NCCO)n5)cc4S(=O)(=O)O)cc3)nc(N(CCO)CCO)n2)c1. The molecule has 0 amide bonds. The Labute approximate surface area is 367 Å². The molecule has 22 nitrogen and oxygen atoms in total. The van der Waals surface area contributed by atoms with Crippen LogP contribution in [0, 0.1) is 0 Å². The molecule has 6 rings (SSSR count). The van der Waals surface area contributed by atoms with Gasteiger partial charge in [-0.3, -0.25) is 9.11 Å². The van der Waals surface area contributed by atoms with Crippen molar-refractivity contribution in [3.63, 3.8) is 0 Å². The van der Waals surface area contributed by atoms with E-state index >= 15 is 0 Å². The fraction of sp³-hybridized carbons (Fsp3) is 0.200. The Hall–Kier alpha value is -6.74. The predicted molar refractivity (Wildman–Crippen MR) is 238 cm³/mol. The summed E-state index contributed by atoms with van der Waals surface area (Å²) in [5.74, 6) is 0.328. The first-order chi connectivity index (χ1) is 30.7. The maximum absolute atomic E-state index is 12.6. The Morgan fingerprint density at radius 3 is 1.67 bits per heavy atom. The monoisotopic (exact) mass is 916 g/mol. The molecule has 0 aliphatic heterocycles. The second-order valence-electron chi connectivity index (χ2n) is 13.5. The van der Waals surface area contributed by atoms with Gasteiger partial charge in [0.25, 0.3) is 20.2 Å². The summed E-state index contributed by atoms with van der Waals surface area (Å²) in [4.78, 5) is 27.2. The van der Waals surface area contributed by atoms with Gasteiger partial charge in [0.1, 0.15) is 4.90 Å². The lowest BCUT2D eigenvalue weighted by atomic mass is 10.1. The van der Waals surface area contributed by atoms with Crippen molar-refractivity contribution in [3.8, 4) is 0 Å². The summed E-state index contributed by atoms with van der Waals surface area (Å²) in [5.41, 5.74) is 2.40. The summed E-state index contributed by atoms with van der Waals surface area (Å²) in [6.45, 7) is -0.853. The minimum atomic E-state index is -4.75. The lowest BCUT2D eigenvalue weighted by molar-refractivity contribution is 0.223. The van der Waals surface area contributed by atoms with Gasteiger partial charge in [-0.15, -0.1) is 0 Å². The van der Waals surface area contributed by atoms with E-state index in [0.29, 0.717) is 16.9 Å². The van der Waals surface area contributed by atoms with Gasteiger partial charge in [0.15, 0.2) is 5.82 Å². The van der Waals surface area contributed by atoms with Gasteiger partial charge in [-0.05, 0) is 65.7 Å². The molecule has 0 spiro atoms. The number of aliphatic hydroxyl groups excluding tert-OH is 4. The first kappa shape index (κ1) is 46.8. The van der Waals surface area contributed by atoms with E-state index in [2.05, 4.69) is 56.5 Å². The molecular weight excluding hydrogens is 873 g/mol. The third kappa shape index (κ3) is 13.1. The van der Waals surface area contributed by atoms with Crippen LogP contribution in [-0.2, 0) is 20.2 Å². The average molecular weight is 917 g/mol. The quantitative estimate of drug-likeness (QED) is 0.0344. The van der Waals surface area contributed by atoms with Crippen LogP contribution in [0.5, 0.6) is 0 Å². The number of aliphatic hydroxyl groups is 4. The summed E-state index contributed by atoms with van der Waals surface area (Å²) in [6.07, 6.45) is 3.13. The number of nitrogens with zero attached hydrogens (tertiary/aromatic N) is 7. The molecular formula is C40H44N12O10S2. The topological polar surface area (TPSA) is 330 Å². The van der Waals surface area contributed by atoms with E-state index in [9.17, 15) is 46.4 Å². The van der Waals surface area contributed by atoms with Crippen molar-refractivity contribution in [1.29, 1.82) is 0 Å². The first-order valence-electron chi connectivity index (χ1n) is 19.3. The van der Waals surface area contributed by atoms with Gasteiger partial charge >= 0.3 is 0 Å². The number of para-hydroxylation sites is 1. The van der Waals surface area contributed by atoms with Crippen LogP contribution < -0.4 is 31.5 Å². The Bertz CT molecular complexity index is 2770. The molecule has 0 radical (unpaired) electrons. The molecule has 0 saturated heterocycles. The number of hydrogen-bond acceptors (Lipinski definition) is 20. The van der Waals surface area contributed by atoms with Crippen LogP contribution >= 0.6 is 0 Å². The zero-order valence-corrected chi connectivity index (χ0v) is 35.3. The molecule has 4 aromatic carbocycles. The molecule has 0 aliphatic carbocycles. The van der Waals surface area contributed by atoms with Gasteiger partial charge in [0, 0.05) is 42.4 Å². The fourth-order valence-corrected chi connectivity index (χ4v) is 7.15. The van der Waals surface area contributed by atoms with Gasteiger partial charge in [-0.25, -0.2) is 0 Å². The van der Waals surface area contributed by atoms with E-state index in [1.807, 2.05) is 18.2 Å². The van der Waals surface area contributed by atoms with E-state index in [1.54, 1.807) is 48.5 Å². The summed E-state index contributed by atoms with van der Waals surface area (Å²) in [6, 6.07) is 24.6. The molecule has 0 aliphatic rings. The smallest absolute Gasteiger partial charge is 0.295 e. The van der Waals surface area contributed by atoms with Crippen molar-refractivity contribution in [2.45, 2.75) is 15.8 Å². The number of hydrogen-bond donors (Lipinski definition) is 11. The molecule has 24 heteroatoms. The zero-order valence-electron chi connectivity index (χ0n) is 33.7.